The number of likely N-dealkylation sites (tertiary alicyclic amines) is 1. The number of fused-ring (bicyclic) bond motifs is 4. The van der Waals surface area contributed by atoms with E-state index in [2.05, 4.69) is 35.1 Å². The van der Waals surface area contributed by atoms with Gasteiger partial charge in [0.15, 0.2) is 19.7 Å². The van der Waals surface area contributed by atoms with E-state index >= 15 is 9.59 Å². The van der Waals surface area contributed by atoms with Crippen molar-refractivity contribution in [1.82, 2.24) is 15.4 Å². The van der Waals surface area contributed by atoms with Crippen LogP contribution in [0.3, 0.4) is 0 Å². The van der Waals surface area contributed by atoms with Crippen LogP contribution in [0.1, 0.15) is 111 Å². The molecule has 13 heteroatoms. The fraction of sp³-hybridized carbons (Fsp3) is 0.511. The van der Waals surface area contributed by atoms with Gasteiger partial charge in [0.05, 0.1) is 11.6 Å². The van der Waals surface area contributed by atoms with Crippen LogP contribution in [0.4, 0.5) is 4.79 Å². The van der Waals surface area contributed by atoms with E-state index in [0.717, 1.165) is 36.1 Å². The van der Waals surface area contributed by atoms with E-state index in [4.69, 9.17) is 23.2 Å². The first kappa shape index (κ1) is 41.6. The minimum atomic E-state index is -2.95. The average Bonchev–Trinajstić information content (AvgIpc) is 3.76. The largest absolute Gasteiger partial charge is 0.514 e. The fourth-order valence-corrected chi connectivity index (χ4v) is 10.3. The van der Waals surface area contributed by atoms with E-state index in [1.807, 2.05) is 64.2 Å². The number of ketones is 2. The number of Topliss-reactive ketones (excluding diaryl/α,β-unsaturated/α-hetero) is 2. The quantitative estimate of drug-likeness (QED) is 0.0662. The highest BCUT2D eigenvalue weighted by molar-refractivity contribution is 6.74. The number of rotatable bonds is 10. The Bertz CT molecular complexity index is 2150. The van der Waals surface area contributed by atoms with Gasteiger partial charge in [-0.15, -0.1) is 6.58 Å². The number of carbonyl (C=O) groups is 3. The molecule has 2 fully saturated rings. The molecule has 5 atom stereocenters. The highest BCUT2D eigenvalue weighted by Crippen LogP contribution is 2.58. The van der Waals surface area contributed by atoms with Crippen LogP contribution in [0.15, 0.2) is 65.2 Å². The predicted octanol–water partition coefficient (Wildman–Crippen LogP) is 8.84. The van der Waals surface area contributed by atoms with Crippen LogP contribution in [0.5, 0.6) is 11.6 Å². The molecule has 310 valence electrons. The minimum absolute atomic E-state index is 0.0366. The molecule has 3 aliphatic carbocycles. The van der Waals surface area contributed by atoms with Gasteiger partial charge in [0.25, 0.3) is 5.88 Å². The van der Waals surface area contributed by atoms with Gasteiger partial charge in [-0.3, -0.25) is 14.5 Å². The molecule has 7 rings (SSSR count). The molecule has 2 unspecified atom stereocenters. The summed E-state index contributed by atoms with van der Waals surface area (Å²) in [4.78, 5) is 46.9. The number of ether oxygens (including phenoxy) is 3. The molecule has 58 heavy (non-hydrogen) atoms. The summed E-state index contributed by atoms with van der Waals surface area (Å²) < 4.78 is 30.9. The first-order valence-electron chi connectivity index (χ1n) is 20.3. The normalized spacial score (nSPS) is 24.8. The number of nitrogens with zero attached hydrogens (tertiary/aromatic N) is 2. The average molecular weight is 812 g/mol. The van der Waals surface area contributed by atoms with Gasteiger partial charge in [0.1, 0.15) is 29.3 Å². The molecule has 1 aromatic heterocycles. The monoisotopic (exact) mass is 811 g/mol. The highest BCUT2D eigenvalue weighted by Gasteiger charge is 2.68. The molecule has 1 aliphatic heterocycles. The van der Waals surface area contributed by atoms with E-state index in [9.17, 15) is 9.90 Å². The van der Waals surface area contributed by atoms with Gasteiger partial charge in [0, 0.05) is 24.1 Å². The summed E-state index contributed by atoms with van der Waals surface area (Å²) in [5.74, 6) is -2.51. The summed E-state index contributed by atoms with van der Waals surface area (Å²) in [6.07, 6.45) is 3.35. The number of hydrogen-bond acceptors (Lipinski definition) is 12. The number of carbonyl (C=O) groups excluding carboxylic acids is 3. The molecule has 2 heterocycles. The number of aromatic nitrogens is 1. The highest BCUT2D eigenvalue weighted by atomic mass is 28.4. The van der Waals surface area contributed by atoms with Crippen molar-refractivity contribution >= 4 is 31.8 Å². The van der Waals surface area contributed by atoms with Gasteiger partial charge < -0.3 is 33.6 Å². The molecule has 2 aromatic carbocycles. The second kappa shape index (κ2) is 15.2. The molecule has 1 saturated heterocycles. The molecule has 12 nitrogen and oxygen atoms in total. The Morgan fingerprint density at radius 2 is 1.83 bits per heavy atom. The third-order valence-electron chi connectivity index (χ3n) is 12.6. The second-order valence-corrected chi connectivity index (χ2v) is 23.4. The van der Waals surface area contributed by atoms with Crippen molar-refractivity contribution in [2.24, 2.45) is 11.8 Å². The SMILES string of the molecule is C=CCN[C@@H]1c2onc(OCc3ccccc3)c2C(=O)C2(O[Si](C)(C)C(C)(C)C)C(=O)C3=C(O)c4c(cc(C5CCCN5C)cc4OC(=O)OC(C)(C)C)C[C@H]3C[C@@H]12. The number of aliphatic hydroxyl groups excluding tert-OH is 1. The summed E-state index contributed by atoms with van der Waals surface area (Å²) in [7, 11) is -0.890. The van der Waals surface area contributed by atoms with Gasteiger partial charge in [-0.1, -0.05) is 63.2 Å². The smallest absolute Gasteiger partial charge is 0.507 e. The van der Waals surface area contributed by atoms with Crippen molar-refractivity contribution in [2.75, 3.05) is 20.1 Å². The molecule has 0 radical (unpaired) electrons. The zero-order valence-corrected chi connectivity index (χ0v) is 36.2. The van der Waals surface area contributed by atoms with Crippen molar-refractivity contribution in [3.05, 3.63) is 94.3 Å². The number of aliphatic hydroxyl groups is 1. The van der Waals surface area contributed by atoms with Crippen molar-refractivity contribution in [3.63, 3.8) is 0 Å². The third kappa shape index (κ3) is 7.35. The van der Waals surface area contributed by atoms with E-state index in [1.165, 1.54) is 0 Å². The topological polar surface area (TPSA) is 150 Å². The molecule has 2 N–H and O–H groups in total. The van der Waals surface area contributed by atoms with Gasteiger partial charge >= 0.3 is 6.16 Å². The maximum absolute atomic E-state index is 15.8. The van der Waals surface area contributed by atoms with Crippen LogP contribution in [0.25, 0.3) is 5.76 Å². The van der Waals surface area contributed by atoms with Crippen LogP contribution in [0.2, 0.25) is 18.1 Å². The third-order valence-corrected chi connectivity index (χ3v) is 17.0. The Balaban J connectivity index is 1.41. The molecule has 0 spiro atoms. The van der Waals surface area contributed by atoms with Crippen LogP contribution >= 0.6 is 0 Å². The molecular formula is C45H57N3O9Si. The van der Waals surface area contributed by atoms with Crippen molar-refractivity contribution in [2.45, 2.75) is 115 Å². The Labute approximate surface area is 342 Å². The summed E-state index contributed by atoms with van der Waals surface area (Å²) in [6, 6.07) is 12.7. The molecule has 3 aromatic rings. The lowest BCUT2D eigenvalue weighted by Crippen LogP contribution is -2.68. The van der Waals surface area contributed by atoms with Crippen molar-refractivity contribution in [3.8, 4) is 11.6 Å². The first-order valence-corrected chi connectivity index (χ1v) is 23.2. The molecule has 1 saturated carbocycles. The lowest BCUT2D eigenvalue weighted by molar-refractivity contribution is -0.138. The van der Waals surface area contributed by atoms with E-state index in [1.54, 1.807) is 32.9 Å². The zero-order valence-electron chi connectivity index (χ0n) is 35.2. The van der Waals surface area contributed by atoms with Crippen molar-refractivity contribution in [1.29, 1.82) is 0 Å². The van der Waals surface area contributed by atoms with Crippen molar-refractivity contribution < 1.29 is 42.6 Å². The predicted molar refractivity (Wildman–Crippen MR) is 221 cm³/mol. The van der Waals surface area contributed by atoms with Gasteiger partial charge in [-0.2, -0.15) is 0 Å². The van der Waals surface area contributed by atoms with Crippen LogP contribution in [-0.4, -0.2) is 72.5 Å². The number of hydrogen-bond donors (Lipinski definition) is 2. The summed E-state index contributed by atoms with van der Waals surface area (Å²) in [5.41, 5.74) is -0.0372. The summed E-state index contributed by atoms with van der Waals surface area (Å²) in [6.45, 7) is 20.7. The number of nitrogens with one attached hydrogen (secondary N) is 1. The lowest BCUT2D eigenvalue weighted by atomic mass is 9.57. The molecular weight excluding hydrogens is 755 g/mol. The number of benzene rings is 2. The van der Waals surface area contributed by atoms with Crippen LogP contribution < -0.4 is 14.8 Å². The molecule has 4 aliphatic rings. The second-order valence-electron chi connectivity index (χ2n) is 18.7. The Morgan fingerprint density at radius 1 is 1.10 bits per heavy atom. The van der Waals surface area contributed by atoms with Crippen LogP contribution in [-0.2, 0) is 27.0 Å². The summed E-state index contributed by atoms with van der Waals surface area (Å²) in [5, 5.41) is 19.9. The van der Waals surface area contributed by atoms with E-state index < -0.39 is 60.2 Å². The maximum atomic E-state index is 15.8. The van der Waals surface area contributed by atoms with Gasteiger partial charge in [-0.05, 0) is 112 Å². The van der Waals surface area contributed by atoms with Gasteiger partial charge in [-0.25, -0.2) is 4.79 Å². The fourth-order valence-electron chi connectivity index (χ4n) is 8.84. The molecule has 0 bridgehead atoms. The van der Waals surface area contributed by atoms with E-state index in [-0.39, 0.29) is 58.9 Å². The standard InChI is InChI=1S/C45H57N3O9Si/c1-11-19-46-36-30-23-29-22-28-21-27(31-18-15-20-48(31)8)24-32(54-42(52)55-43(2,3)4)33(28)37(49)34(29)39(50)45(30,57-58(9,10)44(5,6)7)40(51)35-38(36)56-47-41(35)53-25-26-16-13-12-14-17-26/h11-14,16-17,21,24,29-31,36,46,49H,1,15,18-20,22-23,25H2,2-10H3/t29-,30-,31?,36-,45?/m0/s1. The van der Waals surface area contributed by atoms with Crippen LogP contribution in [0, 0.1) is 11.8 Å². The Morgan fingerprint density at radius 3 is 2.47 bits per heavy atom. The maximum Gasteiger partial charge on any atom is 0.514 e. The minimum Gasteiger partial charge on any atom is -0.507 e. The van der Waals surface area contributed by atoms with E-state index in [0.29, 0.717) is 13.0 Å². The Hall–Kier alpha value is -4.56. The summed E-state index contributed by atoms with van der Waals surface area (Å²) >= 11 is 0. The zero-order chi connectivity index (χ0) is 41.9. The molecule has 0 amide bonds. The lowest BCUT2D eigenvalue weighted by Gasteiger charge is -2.54. The van der Waals surface area contributed by atoms with Gasteiger partial charge in [0.2, 0.25) is 11.6 Å². The Kier molecular flexibility index (Phi) is 10.9. The first-order chi connectivity index (χ1) is 27.3.